The maximum Gasteiger partial charge on any atom is 0.0402 e. The number of hydrogen-bond acceptors (Lipinski definition) is 2. The van der Waals surface area contributed by atoms with Gasteiger partial charge in [-0.25, -0.2) is 0 Å². The van der Waals surface area contributed by atoms with Crippen LogP contribution in [0.25, 0.3) is 0 Å². The second-order valence-electron chi connectivity index (χ2n) is 6.18. The molecule has 0 aromatic heterocycles. The molecule has 1 heterocycles. The van der Waals surface area contributed by atoms with Crippen molar-refractivity contribution in [2.75, 3.05) is 25.0 Å². The average molecular weight is 258 g/mol. The molecule has 0 radical (unpaired) electrons. The Morgan fingerprint density at radius 3 is 2.84 bits per heavy atom. The minimum absolute atomic E-state index is 0.742. The molecule has 2 aliphatic rings. The highest BCUT2D eigenvalue weighted by molar-refractivity contribution is 5.59. The fourth-order valence-corrected chi connectivity index (χ4v) is 3.50. The summed E-state index contributed by atoms with van der Waals surface area (Å²) in [5.74, 6) is 0.956. The molecule has 104 valence electrons. The van der Waals surface area contributed by atoms with Gasteiger partial charge in [-0.15, -0.1) is 0 Å². The van der Waals surface area contributed by atoms with Gasteiger partial charge in [0.15, 0.2) is 0 Å². The molecule has 1 aliphatic carbocycles. The SMILES string of the molecule is CNCCCC1Cc2ccccc2N1CC1CCC1. The summed E-state index contributed by atoms with van der Waals surface area (Å²) < 4.78 is 0. The van der Waals surface area contributed by atoms with Gasteiger partial charge in [0.2, 0.25) is 0 Å². The zero-order chi connectivity index (χ0) is 13.1. The number of para-hydroxylation sites is 1. The first-order chi connectivity index (χ1) is 9.38. The lowest BCUT2D eigenvalue weighted by molar-refractivity contribution is 0.309. The van der Waals surface area contributed by atoms with E-state index in [1.54, 1.807) is 5.56 Å². The molecule has 0 amide bonds. The van der Waals surface area contributed by atoms with E-state index in [1.165, 1.54) is 50.8 Å². The summed E-state index contributed by atoms with van der Waals surface area (Å²) in [6.45, 7) is 2.44. The maximum absolute atomic E-state index is 3.27. The van der Waals surface area contributed by atoms with Crippen LogP contribution in [0.4, 0.5) is 5.69 Å². The number of benzene rings is 1. The van der Waals surface area contributed by atoms with E-state index in [1.807, 2.05) is 0 Å². The number of anilines is 1. The molecule has 2 heteroatoms. The summed E-state index contributed by atoms with van der Waals surface area (Å²) in [5.41, 5.74) is 3.08. The Bertz CT molecular complexity index is 411. The molecule has 1 fully saturated rings. The van der Waals surface area contributed by atoms with Crippen LogP contribution in [0.5, 0.6) is 0 Å². The Labute approximate surface area is 117 Å². The van der Waals surface area contributed by atoms with Gasteiger partial charge in [0.1, 0.15) is 0 Å². The van der Waals surface area contributed by atoms with Gasteiger partial charge in [-0.3, -0.25) is 0 Å². The number of nitrogens with one attached hydrogen (secondary N) is 1. The molecular formula is C17H26N2. The number of nitrogens with zero attached hydrogens (tertiary/aromatic N) is 1. The Hall–Kier alpha value is -1.02. The van der Waals surface area contributed by atoms with Crippen LogP contribution in [0.3, 0.4) is 0 Å². The lowest BCUT2D eigenvalue weighted by atomic mass is 9.85. The van der Waals surface area contributed by atoms with Crippen molar-refractivity contribution in [1.29, 1.82) is 0 Å². The maximum atomic E-state index is 3.27. The molecule has 1 atom stereocenters. The first-order valence-electron chi connectivity index (χ1n) is 7.87. The van der Waals surface area contributed by atoms with Crippen molar-refractivity contribution in [1.82, 2.24) is 5.32 Å². The van der Waals surface area contributed by atoms with Crippen molar-refractivity contribution in [3.8, 4) is 0 Å². The normalized spacial score (nSPS) is 22.4. The van der Waals surface area contributed by atoms with E-state index in [0.29, 0.717) is 0 Å². The van der Waals surface area contributed by atoms with Crippen LogP contribution < -0.4 is 10.2 Å². The fourth-order valence-electron chi connectivity index (χ4n) is 3.50. The topological polar surface area (TPSA) is 15.3 Å². The van der Waals surface area contributed by atoms with E-state index in [0.717, 1.165) is 18.5 Å². The van der Waals surface area contributed by atoms with E-state index >= 15 is 0 Å². The lowest BCUT2D eigenvalue weighted by Gasteiger charge is -2.35. The van der Waals surface area contributed by atoms with Crippen LogP contribution >= 0.6 is 0 Å². The number of hydrogen-bond donors (Lipinski definition) is 1. The Morgan fingerprint density at radius 1 is 1.26 bits per heavy atom. The second-order valence-corrected chi connectivity index (χ2v) is 6.18. The highest BCUT2D eigenvalue weighted by atomic mass is 15.2. The lowest BCUT2D eigenvalue weighted by Crippen LogP contribution is -2.38. The molecule has 0 spiro atoms. The summed E-state index contributed by atoms with van der Waals surface area (Å²) in [5, 5.41) is 3.27. The number of fused-ring (bicyclic) bond motifs is 1. The third kappa shape index (κ3) is 2.79. The second kappa shape index (κ2) is 5.96. The molecule has 1 aliphatic heterocycles. The van der Waals surface area contributed by atoms with Gasteiger partial charge >= 0.3 is 0 Å². The summed E-state index contributed by atoms with van der Waals surface area (Å²) in [6, 6.07) is 9.78. The molecule has 1 saturated carbocycles. The third-order valence-electron chi connectivity index (χ3n) is 4.84. The average Bonchev–Trinajstić information content (AvgIpc) is 2.72. The molecule has 2 nitrogen and oxygen atoms in total. The minimum atomic E-state index is 0.742. The molecule has 19 heavy (non-hydrogen) atoms. The summed E-state index contributed by atoms with van der Waals surface area (Å²) in [6.07, 6.45) is 8.21. The first kappa shape index (κ1) is 13.0. The molecule has 1 aromatic carbocycles. The molecule has 0 bridgehead atoms. The third-order valence-corrected chi connectivity index (χ3v) is 4.84. The highest BCUT2D eigenvalue weighted by Gasteiger charge is 2.31. The molecule has 1 N–H and O–H groups in total. The highest BCUT2D eigenvalue weighted by Crippen LogP contribution is 2.37. The van der Waals surface area contributed by atoms with Crippen LogP contribution in [0.2, 0.25) is 0 Å². The van der Waals surface area contributed by atoms with Crippen LogP contribution in [0, 0.1) is 5.92 Å². The number of rotatable bonds is 6. The molecule has 3 rings (SSSR count). The van der Waals surface area contributed by atoms with E-state index < -0.39 is 0 Å². The van der Waals surface area contributed by atoms with Gasteiger partial charge in [0.05, 0.1) is 0 Å². The summed E-state index contributed by atoms with van der Waals surface area (Å²) in [7, 11) is 2.05. The zero-order valence-corrected chi connectivity index (χ0v) is 12.1. The zero-order valence-electron chi connectivity index (χ0n) is 12.1. The van der Waals surface area contributed by atoms with Gasteiger partial charge < -0.3 is 10.2 Å². The quantitative estimate of drug-likeness (QED) is 0.788. The van der Waals surface area contributed by atoms with Crippen molar-refractivity contribution >= 4 is 5.69 Å². The molecular weight excluding hydrogens is 232 g/mol. The van der Waals surface area contributed by atoms with Crippen molar-refractivity contribution in [3.63, 3.8) is 0 Å². The van der Waals surface area contributed by atoms with Gasteiger partial charge in [-0.1, -0.05) is 24.6 Å². The van der Waals surface area contributed by atoms with E-state index in [-0.39, 0.29) is 0 Å². The van der Waals surface area contributed by atoms with Gasteiger partial charge in [-0.05, 0) is 63.2 Å². The van der Waals surface area contributed by atoms with Crippen LogP contribution in [0.15, 0.2) is 24.3 Å². The molecule has 1 aromatic rings. The van der Waals surface area contributed by atoms with Gasteiger partial charge in [0.25, 0.3) is 0 Å². The van der Waals surface area contributed by atoms with Crippen molar-refractivity contribution < 1.29 is 0 Å². The predicted octanol–water partition coefficient (Wildman–Crippen LogP) is 3.22. The first-order valence-corrected chi connectivity index (χ1v) is 7.87. The summed E-state index contributed by atoms with van der Waals surface area (Å²) >= 11 is 0. The van der Waals surface area contributed by atoms with E-state index in [4.69, 9.17) is 0 Å². The minimum Gasteiger partial charge on any atom is -0.368 e. The van der Waals surface area contributed by atoms with Crippen molar-refractivity contribution in [2.45, 2.75) is 44.6 Å². The van der Waals surface area contributed by atoms with Crippen LogP contribution in [-0.2, 0) is 6.42 Å². The Kier molecular flexibility index (Phi) is 4.07. The van der Waals surface area contributed by atoms with E-state index in [2.05, 4.69) is 41.5 Å². The monoisotopic (exact) mass is 258 g/mol. The van der Waals surface area contributed by atoms with E-state index in [9.17, 15) is 0 Å². The smallest absolute Gasteiger partial charge is 0.0402 e. The Morgan fingerprint density at radius 2 is 2.11 bits per heavy atom. The molecule has 1 unspecified atom stereocenters. The largest absolute Gasteiger partial charge is 0.368 e. The summed E-state index contributed by atoms with van der Waals surface area (Å²) in [4.78, 5) is 2.72. The van der Waals surface area contributed by atoms with Crippen LogP contribution in [-0.4, -0.2) is 26.2 Å². The molecule has 0 saturated heterocycles. The van der Waals surface area contributed by atoms with Gasteiger partial charge in [0, 0.05) is 18.3 Å². The van der Waals surface area contributed by atoms with Crippen molar-refractivity contribution in [2.24, 2.45) is 5.92 Å². The van der Waals surface area contributed by atoms with Crippen LogP contribution in [0.1, 0.15) is 37.7 Å². The Balaban J connectivity index is 1.69. The standard InChI is InChI=1S/C17H26N2/c1-18-11-5-9-16-12-15-8-2-3-10-17(15)19(16)13-14-6-4-7-14/h2-3,8,10,14,16,18H,4-7,9,11-13H2,1H3. The van der Waals surface area contributed by atoms with Crippen molar-refractivity contribution in [3.05, 3.63) is 29.8 Å². The van der Waals surface area contributed by atoms with Gasteiger partial charge in [-0.2, -0.15) is 0 Å². The fraction of sp³-hybridized carbons (Fsp3) is 0.647. The predicted molar refractivity (Wildman–Crippen MR) is 81.8 cm³/mol.